The van der Waals surface area contributed by atoms with E-state index in [9.17, 15) is 9.18 Å². The van der Waals surface area contributed by atoms with Gasteiger partial charge in [0.05, 0.1) is 11.2 Å². The van der Waals surface area contributed by atoms with Crippen LogP contribution >= 0.6 is 11.6 Å². The van der Waals surface area contributed by atoms with Crippen molar-refractivity contribution in [2.75, 3.05) is 0 Å². The first-order valence-electron chi connectivity index (χ1n) is 6.41. The van der Waals surface area contributed by atoms with Crippen LogP contribution in [0.3, 0.4) is 0 Å². The van der Waals surface area contributed by atoms with Crippen molar-refractivity contribution in [3.05, 3.63) is 34.6 Å². The van der Waals surface area contributed by atoms with Crippen molar-refractivity contribution in [2.24, 2.45) is 5.10 Å². The predicted molar refractivity (Wildman–Crippen MR) is 75.9 cm³/mol. The zero-order valence-corrected chi connectivity index (χ0v) is 11.7. The molecule has 0 bridgehead atoms. The van der Waals surface area contributed by atoms with Gasteiger partial charge < -0.3 is 0 Å². The average molecular weight is 285 g/mol. The van der Waals surface area contributed by atoms with Crippen LogP contribution in [0.5, 0.6) is 0 Å². The second kappa shape index (κ2) is 8.64. The number of unbranched alkanes of at least 4 members (excludes halogenated alkanes) is 3. The number of amides is 1. The van der Waals surface area contributed by atoms with E-state index in [0.29, 0.717) is 6.42 Å². The number of carbonyl (C=O) groups is 1. The van der Waals surface area contributed by atoms with E-state index < -0.39 is 5.82 Å². The van der Waals surface area contributed by atoms with Crippen LogP contribution in [0.1, 0.15) is 44.6 Å². The van der Waals surface area contributed by atoms with Gasteiger partial charge in [0.1, 0.15) is 5.82 Å². The lowest BCUT2D eigenvalue weighted by atomic mass is 10.1. The number of rotatable bonds is 7. The number of hydrogen-bond acceptors (Lipinski definition) is 2. The SMILES string of the molecule is CCCCCCC(=O)NN=Cc1c(F)cccc1Cl. The molecule has 5 heteroatoms. The third-order valence-electron chi connectivity index (χ3n) is 2.64. The molecule has 1 rings (SSSR count). The zero-order valence-electron chi connectivity index (χ0n) is 11.0. The van der Waals surface area contributed by atoms with Crippen LogP contribution < -0.4 is 5.43 Å². The molecule has 19 heavy (non-hydrogen) atoms. The second-order valence-electron chi connectivity index (χ2n) is 4.24. The number of hydrogen-bond donors (Lipinski definition) is 1. The number of hydrazone groups is 1. The van der Waals surface area contributed by atoms with Crippen molar-refractivity contribution >= 4 is 23.7 Å². The Morgan fingerprint density at radius 3 is 2.89 bits per heavy atom. The summed E-state index contributed by atoms with van der Waals surface area (Å²) in [6, 6.07) is 4.37. The Labute approximate surface area is 117 Å². The van der Waals surface area contributed by atoms with Crippen molar-refractivity contribution in [2.45, 2.75) is 39.0 Å². The summed E-state index contributed by atoms with van der Waals surface area (Å²) in [7, 11) is 0. The maximum atomic E-state index is 13.4. The molecule has 0 unspecified atom stereocenters. The highest BCUT2D eigenvalue weighted by molar-refractivity contribution is 6.33. The molecule has 0 aliphatic rings. The molecule has 0 spiro atoms. The van der Waals surface area contributed by atoms with Gasteiger partial charge in [0.15, 0.2) is 0 Å². The van der Waals surface area contributed by atoms with Gasteiger partial charge in [0.25, 0.3) is 0 Å². The Hall–Kier alpha value is -1.42. The third-order valence-corrected chi connectivity index (χ3v) is 2.97. The van der Waals surface area contributed by atoms with Gasteiger partial charge >= 0.3 is 0 Å². The van der Waals surface area contributed by atoms with Gasteiger partial charge in [-0.25, -0.2) is 9.82 Å². The maximum Gasteiger partial charge on any atom is 0.240 e. The van der Waals surface area contributed by atoms with Crippen LogP contribution in [0.25, 0.3) is 0 Å². The fraction of sp³-hybridized carbons (Fsp3) is 0.429. The lowest BCUT2D eigenvalue weighted by Crippen LogP contribution is -2.17. The molecule has 1 aromatic rings. The van der Waals surface area contributed by atoms with E-state index in [0.717, 1.165) is 25.7 Å². The molecule has 0 aromatic heterocycles. The van der Waals surface area contributed by atoms with Crippen LogP contribution in [0.2, 0.25) is 5.02 Å². The van der Waals surface area contributed by atoms with E-state index in [1.54, 1.807) is 6.07 Å². The summed E-state index contributed by atoms with van der Waals surface area (Å²) in [6.45, 7) is 2.11. The maximum absolute atomic E-state index is 13.4. The molecule has 0 atom stereocenters. The van der Waals surface area contributed by atoms with Crippen LogP contribution in [0.4, 0.5) is 4.39 Å². The van der Waals surface area contributed by atoms with Gasteiger partial charge in [0, 0.05) is 12.0 Å². The van der Waals surface area contributed by atoms with E-state index in [2.05, 4.69) is 17.5 Å². The second-order valence-corrected chi connectivity index (χ2v) is 4.65. The highest BCUT2D eigenvalue weighted by Gasteiger charge is 2.04. The molecule has 1 aromatic carbocycles. The Morgan fingerprint density at radius 1 is 1.42 bits per heavy atom. The Balaban J connectivity index is 2.39. The highest BCUT2D eigenvalue weighted by atomic mass is 35.5. The van der Waals surface area contributed by atoms with Gasteiger partial charge in [0.2, 0.25) is 5.91 Å². The standard InChI is InChI=1S/C14H18ClFN2O/c1-2-3-4-5-9-14(19)18-17-10-11-12(15)7-6-8-13(11)16/h6-8,10H,2-5,9H2,1H3,(H,18,19). The first-order valence-corrected chi connectivity index (χ1v) is 6.79. The van der Waals surface area contributed by atoms with Gasteiger partial charge in [-0.3, -0.25) is 4.79 Å². The quantitative estimate of drug-likeness (QED) is 0.460. The largest absolute Gasteiger partial charge is 0.273 e. The molecule has 104 valence electrons. The fourth-order valence-corrected chi connectivity index (χ4v) is 1.78. The summed E-state index contributed by atoms with van der Waals surface area (Å²) in [5, 5.41) is 3.98. The van der Waals surface area contributed by atoms with Gasteiger partial charge in [-0.2, -0.15) is 5.10 Å². The number of nitrogens with zero attached hydrogens (tertiary/aromatic N) is 1. The zero-order chi connectivity index (χ0) is 14.1. The van der Waals surface area contributed by atoms with Crippen molar-refractivity contribution in [3.63, 3.8) is 0 Å². The van der Waals surface area contributed by atoms with Gasteiger partial charge in [-0.05, 0) is 18.6 Å². The van der Waals surface area contributed by atoms with Crippen LogP contribution in [0.15, 0.2) is 23.3 Å². The monoisotopic (exact) mass is 284 g/mol. The molecule has 0 saturated carbocycles. The Kier molecular flexibility index (Phi) is 7.11. The number of carbonyl (C=O) groups excluding carboxylic acids is 1. The van der Waals surface area contributed by atoms with Crippen molar-refractivity contribution < 1.29 is 9.18 Å². The molecule has 0 aliphatic heterocycles. The molecule has 0 radical (unpaired) electrons. The van der Waals surface area contributed by atoms with Crippen LogP contribution in [-0.2, 0) is 4.79 Å². The summed E-state index contributed by atoms with van der Waals surface area (Å²) in [6.07, 6.45) is 5.79. The van der Waals surface area contributed by atoms with E-state index in [-0.39, 0.29) is 16.5 Å². The molecular weight excluding hydrogens is 267 g/mol. The minimum atomic E-state index is -0.464. The smallest absolute Gasteiger partial charge is 0.240 e. The Morgan fingerprint density at radius 2 is 2.21 bits per heavy atom. The van der Waals surface area contributed by atoms with E-state index >= 15 is 0 Å². The van der Waals surface area contributed by atoms with Crippen LogP contribution in [0, 0.1) is 5.82 Å². The van der Waals surface area contributed by atoms with E-state index in [4.69, 9.17) is 11.6 Å². The van der Waals surface area contributed by atoms with Crippen LogP contribution in [-0.4, -0.2) is 12.1 Å². The van der Waals surface area contributed by atoms with Gasteiger partial charge in [-0.15, -0.1) is 0 Å². The third kappa shape index (κ3) is 5.83. The molecular formula is C14H18ClFN2O. The van der Waals surface area contributed by atoms with Crippen molar-refractivity contribution in [1.29, 1.82) is 0 Å². The molecule has 0 heterocycles. The lowest BCUT2D eigenvalue weighted by molar-refractivity contribution is -0.121. The van der Waals surface area contributed by atoms with Crippen molar-refractivity contribution in [1.82, 2.24) is 5.43 Å². The summed E-state index contributed by atoms with van der Waals surface area (Å²) in [4.78, 5) is 11.4. The lowest BCUT2D eigenvalue weighted by Gasteiger charge is -2.01. The summed E-state index contributed by atoms with van der Waals surface area (Å²) >= 11 is 5.82. The molecule has 0 aliphatic carbocycles. The Bertz CT molecular complexity index is 429. The molecule has 0 fully saturated rings. The molecule has 1 amide bonds. The normalized spacial score (nSPS) is 10.9. The summed E-state index contributed by atoms with van der Waals surface area (Å²) < 4.78 is 13.4. The first kappa shape index (κ1) is 15.6. The number of benzene rings is 1. The fourth-order valence-electron chi connectivity index (χ4n) is 1.57. The molecule has 1 N–H and O–H groups in total. The highest BCUT2D eigenvalue weighted by Crippen LogP contribution is 2.16. The van der Waals surface area contributed by atoms with E-state index in [1.807, 2.05) is 0 Å². The minimum Gasteiger partial charge on any atom is -0.273 e. The molecule has 3 nitrogen and oxygen atoms in total. The number of nitrogens with one attached hydrogen (secondary N) is 1. The predicted octanol–water partition coefficient (Wildman–Crippen LogP) is 3.90. The average Bonchev–Trinajstić information content (AvgIpc) is 2.38. The van der Waals surface area contributed by atoms with E-state index in [1.165, 1.54) is 18.3 Å². The van der Waals surface area contributed by atoms with Crippen molar-refractivity contribution in [3.8, 4) is 0 Å². The number of halogens is 2. The minimum absolute atomic E-state index is 0.167. The topological polar surface area (TPSA) is 41.5 Å². The summed E-state index contributed by atoms with van der Waals surface area (Å²) in [5.41, 5.74) is 2.54. The summed E-state index contributed by atoms with van der Waals surface area (Å²) in [5.74, 6) is -0.631. The molecule has 0 saturated heterocycles. The van der Waals surface area contributed by atoms with Gasteiger partial charge in [-0.1, -0.05) is 43.9 Å². The first-order chi connectivity index (χ1) is 9.15.